The third-order valence-electron chi connectivity index (χ3n) is 4.01. The molecule has 2 aliphatic rings. The predicted molar refractivity (Wildman–Crippen MR) is 72.7 cm³/mol. The summed E-state index contributed by atoms with van der Waals surface area (Å²) in [6.45, 7) is 2.98. The number of rotatable bonds is 4. The van der Waals surface area contributed by atoms with Crippen LogP contribution in [0.4, 0.5) is 4.79 Å². The van der Waals surface area contributed by atoms with Gasteiger partial charge < -0.3 is 25.4 Å². The summed E-state index contributed by atoms with van der Waals surface area (Å²) in [5.74, 6) is -1.31. The Morgan fingerprint density at radius 1 is 1.38 bits per heavy atom. The van der Waals surface area contributed by atoms with E-state index in [9.17, 15) is 19.5 Å². The summed E-state index contributed by atoms with van der Waals surface area (Å²) < 4.78 is 5.25. The van der Waals surface area contributed by atoms with Crippen molar-refractivity contribution in [1.82, 2.24) is 15.5 Å². The van der Waals surface area contributed by atoms with Crippen LogP contribution in [0.3, 0.4) is 0 Å². The third-order valence-corrected chi connectivity index (χ3v) is 4.01. The highest BCUT2D eigenvalue weighted by Crippen LogP contribution is 2.32. The number of nitrogens with one attached hydrogen (secondary N) is 2. The first-order valence-electron chi connectivity index (χ1n) is 7.18. The van der Waals surface area contributed by atoms with E-state index in [1.165, 1.54) is 4.90 Å². The quantitative estimate of drug-likeness (QED) is 0.651. The average molecular weight is 299 g/mol. The number of hydrogen-bond acceptors (Lipinski definition) is 4. The minimum absolute atomic E-state index is 0.124. The first kappa shape index (κ1) is 15.6. The van der Waals surface area contributed by atoms with E-state index in [-0.39, 0.29) is 19.1 Å². The summed E-state index contributed by atoms with van der Waals surface area (Å²) in [5, 5.41) is 14.5. The molecule has 0 bridgehead atoms. The molecule has 0 spiro atoms. The van der Waals surface area contributed by atoms with Gasteiger partial charge in [0.15, 0.2) is 0 Å². The maximum Gasteiger partial charge on any atom is 0.329 e. The highest BCUT2D eigenvalue weighted by atomic mass is 16.5. The second-order valence-electron chi connectivity index (χ2n) is 5.35. The number of ether oxygens (including phenoxy) is 1. The van der Waals surface area contributed by atoms with Gasteiger partial charge in [-0.1, -0.05) is 0 Å². The lowest BCUT2D eigenvalue weighted by Gasteiger charge is -2.42. The molecule has 1 unspecified atom stereocenters. The van der Waals surface area contributed by atoms with Crippen molar-refractivity contribution in [3.63, 3.8) is 0 Å². The fourth-order valence-electron chi connectivity index (χ4n) is 2.56. The molecule has 2 fully saturated rings. The lowest BCUT2D eigenvalue weighted by atomic mass is 9.77. The van der Waals surface area contributed by atoms with Gasteiger partial charge >= 0.3 is 12.0 Å². The van der Waals surface area contributed by atoms with E-state index < -0.39 is 23.6 Å². The van der Waals surface area contributed by atoms with Gasteiger partial charge in [0.2, 0.25) is 5.91 Å². The van der Waals surface area contributed by atoms with E-state index in [0.717, 1.165) is 6.42 Å². The number of nitrogens with zero attached hydrogens (tertiary/aromatic N) is 1. The molecule has 8 heteroatoms. The van der Waals surface area contributed by atoms with Gasteiger partial charge in [0, 0.05) is 13.1 Å². The summed E-state index contributed by atoms with van der Waals surface area (Å²) in [5.41, 5.74) is -1.18. The molecule has 3 N–H and O–H groups in total. The second kappa shape index (κ2) is 6.30. The molecule has 1 aliphatic heterocycles. The minimum atomic E-state index is -1.18. The molecule has 21 heavy (non-hydrogen) atoms. The van der Waals surface area contributed by atoms with E-state index in [0.29, 0.717) is 26.0 Å². The van der Waals surface area contributed by atoms with E-state index >= 15 is 0 Å². The molecule has 1 heterocycles. The van der Waals surface area contributed by atoms with Crippen molar-refractivity contribution in [3.8, 4) is 0 Å². The molecule has 2 rings (SSSR count). The number of hydrogen-bond donors (Lipinski definition) is 3. The first-order chi connectivity index (χ1) is 10.00. The minimum Gasteiger partial charge on any atom is -0.480 e. The van der Waals surface area contributed by atoms with Crippen LogP contribution in [0, 0.1) is 0 Å². The standard InChI is InChI=1S/C13H21N3O5/c1-2-14-10(17)9-8-21-7-6-16(9)12(20)15-13(11(18)19)4-3-5-13/h9H,2-8H2,1H3,(H,14,17)(H,15,20)(H,18,19). The zero-order valence-electron chi connectivity index (χ0n) is 12.1. The average Bonchev–Trinajstić information content (AvgIpc) is 2.42. The summed E-state index contributed by atoms with van der Waals surface area (Å²) in [6, 6.07) is -1.23. The predicted octanol–water partition coefficient (Wildman–Crippen LogP) is -0.460. The summed E-state index contributed by atoms with van der Waals surface area (Å²) in [6.07, 6.45) is 1.61. The Balaban J connectivity index is 2.05. The third kappa shape index (κ3) is 3.10. The van der Waals surface area contributed by atoms with E-state index in [1.54, 1.807) is 6.92 Å². The molecule has 0 radical (unpaired) electrons. The fourth-order valence-corrected chi connectivity index (χ4v) is 2.56. The molecule has 118 valence electrons. The maximum absolute atomic E-state index is 12.3. The van der Waals surface area contributed by atoms with Crippen molar-refractivity contribution >= 4 is 17.9 Å². The molecule has 0 aromatic carbocycles. The van der Waals surface area contributed by atoms with Crippen LogP contribution in [0.1, 0.15) is 26.2 Å². The van der Waals surface area contributed by atoms with Gasteiger partial charge in [0.1, 0.15) is 11.6 Å². The number of carbonyl (C=O) groups is 3. The van der Waals surface area contributed by atoms with Gasteiger partial charge in [-0.3, -0.25) is 4.79 Å². The van der Waals surface area contributed by atoms with Crippen LogP contribution in [0.15, 0.2) is 0 Å². The summed E-state index contributed by atoms with van der Waals surface area (Å²) in [7, 11) is 0. The number of aliphatic carboxylic acids is 1. The lowest BCUT2D eigenvalue weighted by molar-refractivity contribution is -0.148. The Kier molecular flexibility index (Phi) is 4.66. The topological polar surface area (TPSA) is 108 Å². The van der Waals surface area contributed by atoms with Crippen LogP contribution >= 0.6 is 0 Å². The van der Waals surface area contributed by atoms with Crippen LogP contribution in [0.2, 0.25) is 0 Å². The smallest absolute Gasteiger partial charge is 0.329 e. The molecule has 1 atom stereocenters. The molecular weight excluding hydrogens is 278 g/mol. The maximum atomic E-state index is 12.3. The van der Waals surface area contributed by atoms with Crippen LogP contribution in [-0.2, 0) is 14.3 Å². The van der Waals surface area contributed by atoms with Crippen molar-refractivity contribution in [2.24, 2.45) is 0 Å². The van der Waals surface area contributed by atoms with E-state index in [4.69, 9.17) is 4.74 Å². The molecule has 3 amide bonds. The zero-order valence-corrected chi connectivity index (χ0v) is 12.1. The van der Waals surface area contributed by atoms with Crippen molar-refractivity contribution in [3.05, 3.63) is 0 Å². The van der Waals surface area contributed by atoms with Gasteiger partial charge in [-0.2, -0.15) is 0 Å². The fraction of sp³-hybridized carbons (Fsp3) is 0.769. The first-order valence-corrected chi connectivity index (χ1v) is 7.18. The molecule has 1 saturated carbocycles. The Morgan fingerprint density at radius 3 is 2.62 bits per heavy atom. The zero-order chi connectivity index (χ0) is 15.5. The monoisotopic (exact) mass is 299 g/mol. The largest absolute Gasteiger partial charge is 0.480 e. The lowest BCUT2D eigenvalue weighted by Crippen LogP contribution is -2.65. The van der Waals surface area contributed by atoms with Crippen molar-refractivity contribution < 1.29 is 24.2 Å². The highest BCUT2D eigenvalue weighted by molar-refractivity contribution is 5.91. The van der Waals surface area contributed by atoms with Gasteiger partial charge in [-0.25, -0.2) is 9.59 Å². The number of amides is 3. The number of likely N-dealkylation sites (N-methyl/N-ethyl adjacent to an activating group) is 1. The number of morpholine rings is 1. The van der Waals surface area contributed by atoms with E-state index in [2.05, 4.69) is 10.6 Å². The van der Waals surface area contributed by atoms with Crippen LogP contribution in [-0.4, -0.2) is 65.8 Å². The summed E-state index contributed by atoms with van der Waals surface area (Å²) in [4.78, 5) is 37.0. The Hall–Kier alpha value is -1.83. The Labute approximate surface area is 122 Å². The van der Waals surface area contributed by atoms with Gasteiger partial charge in [-0.05, 0) is 26.2 Å². The molecular formula is C13H21N3O5. The van der Waals surface area contributed by atoms with Crippen molar-refractivity contribution in [2.45, 2.75) is 37.8 Å². The van der Waals surface area contributed by atoms with Crippen LogP contribution in [0.25, 0.3) is 0 Å². The summed E-state index contributed by atoms with van der Waals surface area (Å²) >= 11 is 0. The van der Waals surface area contributed by atoms with Gasteiger partial charge in [-0.15, -0.1) is 0 Å². The van der Waals surface area contributed by atoms with E-state index in [1.807, 2.05) is 0 Å². The molecule has 8 nitrogen and oxygen atoms in total. The molecule has 1 saturated heterocycles. The number of carboxylic acid groups (broad SMARTS) is 1. The Bertz CT molecular complexity index is 436. The van der Waals surface area contributed by atoms with Crippen molar-refractivity contribution in [1.29, 1.82) is 0 Å². The number of urea groups is 1. The Morgan fingerprint density at radius 2 is 2.10 bits per heavy atom. The number of carboxylic acids is 1. The second-order valence-corrected chi connectivity index (χ2v) is 5.35. The van der Waals surface area contributed by atoms with Crippen molar-refractivity contribution in [2.75, 3.05) is 26.3 Å². The van der Waals surface area contributed by atoms with Crippen LogP contribution < -0.4 is 10.6 Å². The SMILES string of the molecule is CCNC(=O)C1COCCN1C(=O)NC1(C(=O)O)CCC1. The highest BCUT2D eigenvalue weighted by Gasteiger charge is 2.47. The number of carbonyl (C=O) groups excluding carboxylic acids is 2. The van der Waals surface area contributed by atoms with Gasteiger partial charge in [0.25, 0.3) is 0 Å². The molecule has 0 aromatic rings. The molecule has 0 aromatic heterocycles. The molecule has 1 aliphatic carbocycles. The van der Waals surface area contributed by atoms with Gasteiger partial charge in [0.05, 0.1) is 13.2 Å². The van der Waals surface area contributed by atoms with Crippen LogP contribution in [0.5, 0.6) is 0 Å². The normalized spacial score (nSPS) is 23.9.